The number of aryl methyl sites for hydroxylation is 1. The zero-order chi connectivity index (χ0) is 16.2. The number of carbonyl (C=O) groups is 1. The Kier molecular flexibility index (Phi) is 2.83. The molecule has 0 aromatic heterocycles. The van der Waals surface area contributed by atoms with E-state index in [0.29, 0.717) is 35.7 Å². The number of nitrogens with two attached hydrogens (primary N) is 1. The Morgan fingerprint density at radius 3 is 2.87 bits per heavy atom. The van der Waals surface area contributed by atoms with E-state index in [2.05, 4.69) is 4.99 Å². The molecule has 5 nitrogen and oxygen atoms in total. The van der Waals surface area contributed by atoms with E-state index in [1.54, 1.807) is 12.1 Å². The fraction of sp³-hybridized carbons (Fsp3) is 0.222. The SMILES string of the molecule is Cc1ccc2c(c1)C(=O)[C@]1(O)CCN(c3cccc(N)c3)C1=N2. The second kappa shape index (κ2) is 4.67. The molecular weight excluding hydrogens is 290 g/mol. The van der Waals surface area contributed by atoms with Crippen LogP contribution in [0, 0.1) is 6.92 Å². The highest BCUT2D eigenvalue weighted by Gasteiger charge is 2.52. The molecule has 0 unspecified atom stereocenters. The fourth-order valence-corrected chi connectivity index (χ4v) is 3.29. The van der Waals surface area contributed by atoms with E-state index >= 15 is 0 Å². The highest BCUT2D eigenvalue weighted by Crippen LogP contribution is 2.39. The van der Waals surface area contributed by atoms with Crippen LogP contribution in [0.25, 0.3) is 0 Å². The second-order valence-electron chi connectivity index (χ2n) is 6.14. The maximum atomic E-state index is 12.8. The molecule has 1 atom stereocenters. The predicted octanol–water partition coefficient (Wildman–Crippen LogP) is 2.44. The largest absolute Gasteiger partial charge is 0.399 e. The number of benzene rings is 2. The Balaban J connectivity index is 1.87. The van der Waals surface area contributed by atoms with Crippen LogP contribution in [0.3, 0.4) is 0 Å². The summed E-state index contributed by atoms with van der Waals surface area (Å²) in [6.07, 6.45) is 0.326. The average molecular weight is 307 g/mol. The average Bonchev–Trinajstić information content (AvgIpc) is 2.87. The Bertz CT molecular complexity index is 859. The minimum atomic E-state index is -1.55. The summed E-state index contributed by atoms with van der Waals surface area (Å²) in [5.74, 6) is 0.122. The first-order valence-electron chi connectivity index (χ1n) is 7.59. The molecule has 0 aliphatic carbocycles. The number of ketones is 1. The van der Waals surface area contributed by atoms with Crippen LogP contribution in [0.4, 0.5) is 17.1 Å². The van der Waals surface area contributed by atoms with Gasteiger partial charge in [-0.05, 0) is 37.3 Å². The van der Waals surface area contributed by atoms with Crippen molar-refractivity contribution in [3.05, 3.63) is 53.6 Å². The normalized spacial score (nSPS) is 22.6. The summed E-state index contributed by atoms with van der Waals surface area (Å²) in [5, 5.41) is 11.0. The number of fused-ring (bicyclic) bond motifs is 2. The number of aliphatic imine (C=N–C) groups is 1. The van der Waals surface area contributed by atoms with Crippen molar-refractivity contribution in [1.29, 1.82) is 0 Å². The molecule has 0 saturated carbocycles. The molecule has 0 bridgehead atoms. The van der Waals surface area contributed by atoms with Gasteiger partial charge in [-0.3, -0.25) is 4.79 Å². The van der Waals surface area contributed by atoms with Gasteiger partial charge in [0.2, 0.25) is 5.78 Å². The molecule has 1 fully saturated rings. The second-order valence-corrected chi connectivity index (χ2v) is 6.14. The van der Waals surface area contributed by atoms with Crippen LogP contribution in [0.5, 0.6) is 0 Å². The van der Waals surface area contributed by atoms with Crippen molar-refractivity contribution in [2.45, 2.75) is 18.9 Å². The molecule has 23 heavy (non-hydrogen) atoms. The minimum absolute atomic E-state index is 0.271. The monoisotopic (exact) mass is 307 g/mol. The van der Waals surface area contributed by atoms with Crippen LogP contribution in [0.2, 0.25) is 0 Å². The summed E-state index contributed by atoms with van der Waals surface area (Å²) in [6.45, 7) is 2.45. The number of Topliss-reactive ketones (excluding diaryl/α,β-unsaturated/α-hetero) is 1. The van der Waals surface area contributed by atoms with Crippen LogP contribution in [-0.2, 0) is 0 Å². The third-order valence-electron chi connectivity index (χ3n) is 4.50. The molecular formula is C18H17N3O2. The first kappa shape index (κ1) is 14.0. The number of nitrogen functional groups attached to an aromatic ring is 1. The number of aliphatic hydroxyl groups is 1. The third-order valence-corrected chi connectivity index (χ3v) is 4.50. The van der Waals surface area contributed by atoms with Crippen molar-refractivity contribution < 1.29 is 9.90 Å². The summed E-state index contributed by atoms with van der Waals surface area (Å²) >= 11 is 0. The molecule has 0 spiro atoms. The van der Waals surface area contributed by atoms with Crippen LogP contribution >= 0.6 is 0 Å². The quantitative estimate of drug-likeness (QED) is 0.793. The molecule has 2 aliphatic rings. The van der Waals surface area contributed by atoms with Crippen LogP contribution < -0.4 is 10.6 Å². The highest BCUT2D eigenvalue weighted by atomic mass is 16.3. The van der Waals surface area contributed by atoms with E-state index in [1.807, 2.05) is 42.2 Å². The van der Waals surface area contributed by atoms with Crippen molar-refractivity contribution in [3.63, 3.8) is 0 Å². The van der Waals surface area contributed by atoms with Gasteiger partial charge in [0.1, 0.15) is 5.84 Å². The molecule has 4 rings (SSSR count). The number of amidine groups is 1. The van der Waals surface area contributed by atoms with Crippen LogP contribution in [0.1, 0.15) is 22.3 Å². The Labute approximate surface area is 134 Å². The molecule has 2 aromatic rings. The van der Waals surface area contributed by atoms with E-state index in [-0.39, 0.29) is 5.78 Å². The topological polar surface area (TPSA) is 78.9 Å². The fourth-order valence-electron chi connectivity index (χ4n) is 3.29. The van der Waals surface area contributed by atoms with Crippen molar-refractivity contribution in [3.8, 4) is 0 Å². The summed E-state index contributed by atoms with van der Waals surface area (Å²) in [6, 6.07) is 12.9. The van der Waals surface area contributed by atoms with E-state index in [0.717, 1.165) is 11.3 Å². The van der Waals surface area contributed by atoms with Gasteiger partial charge < -0.3 is 15.7 Å². The van der Waals surface area contributed by atoms with Gasteiger partial charge in [-0.25, -0.2) is 4.99 Å². The lowest BCUT2D eigenvalue weighted by Gasteiger charge is -2.29. The number of carbonyl (C=O) groups excluding carboxylic acids is 1. The van der Waals surface area contributed by atoms with Crippen molar-refractivity contribution in [1.82, 2.24) is 0 Å². The van der Waals surface area contributed by atoms with Gasteiger partial charge >= 0.3 is 0 Å². The first-order chi connectivity index (χ1) is 11.0. The third kappa shape index (κ3) is 1.97. The highest BCUT2D eigenvalue weighted by molar-refractivity contribution is 6.28. The zero-order valence-corrected chi connectivity index (χ0v) is 12.8. The smallest absolute Gasteiger partial charge is 0.204 e. The Morgan fingerprint density at radius 1 is 1.26 bits per heavy atom. The van der Waals surface area contributed by atoms with Gasteiger partial charge in [-0.15, -0.1) is 0 Å². The number of hydrogen-bond acceptors (Lipinski definition) is 5. The Morgan fingerprint density at radius 2 is 2.09 bits per heavy atom. The predicted molar refractivity (Wildman–Crippen MR) is 90.4 cm³/mol. The van der Waals surface area contributed by atoms with Gasteiger partial charge in [0.25, 0.3) is 0 Å². The standard InChI is InChI=1S/C18H17N3O2/c1-11-5-6-15-14(9-11)16(22)18(23)7-8-21(17(18)20-15)13-4-2-3-12(19)10-13/h2-6,9-10,23H,7-8,19H2,1H3/t18-/m1/s1. The minimum Gasteiger partial charge on any atom is -0.399 e. The van der Waals surface area contributed by atoms with Gasteiger partial charge in [-0.1, -0.05) is 17.7 Å². The van der Waals surface area contributed by atoms with E-state index < -0.39 is 5.60 Å². The van der Waals surface area contributed by atoms with Crippen LogP contribution in [-0.4, -0.2) is 28.9 Å². The van der Waals surface area contributed by atoms with E-state index in [1.165, 1.54) is 0 Å². The maximum absolute atomic E-state index is 12.8. The number of rotatable bonds is 1. The summed E-state index contributed by atoms with van der Waals surface area (Å²) in [5.41, 5.74) is 7.85. The van der Waals surface area contributed by atoms with Gasteiger partial charge in [0, 0.05) is 29.9 Å². The molecule has 1 saturated heterocycles. The molecule has 5 heteroatoms. The van der Waals surface area contributed by atoms with Gasteiger partial charge in [0.15, 0.2) is 5.60 Å². The summed E-state index contributed by atoms with van der Waals surface area (Å²) in [4.78, 5) is 19.3. The van der Waals surface area contributed by atoms with Gasteiger partial charge in [0.05, 0.1) is 5.69 Å². The number of anilines is 2. The maximum Gasteiger partial charge on any atom is 0.204 e. The molecule has 2 heterocycles. The van der Waals surface area contributed by atoms with Gasteiger partial charge in [-0.2, -0.15) is 0 Å². The number of hydrogen-bond donors (Lipinski definition) is 2. The summed E-state index contributed by atoms with van der Waals surface area (Å²) < 4.78 is 0. The number of nitrogens with zero attached hydrogens (tertiary/aromatic N) is 2. The van der Waals surface area contributed by atoms with E-state index in [9.17, 15) is 9.90 Å². The molecule has 2 aliphatic heterocycles. The van der Waals surface area contributed by atoms with Crippen molar-refractivity contribution in [2.75, 3.05) is 17.2 Å². The first-order valence-corrected chi connectivity index (χ1v) is 7.59. The molecule has 2 aromatic carbocycles. The summed E-state index contributed by atoms with van der Waals surface area (Å²) in [7, 11) is 0. The molecule has 0 radical (unpaired) electrons. The zero-order valence-electron chi connectivity index (χ0n) is 12.8. The van der Waals surface area contributed by atoms with Crippen molar-refractivity contribution in [2.24, 2.45) is 4.99 Å². The van der Waals surface area contributed by atoms with E-state index in [4.69, 9.17) is 5.73 Å². The van der Waals surface area contributed by atoms with Crippen LogP contribution in [0.15, 0.2) is 47.5 Å². The lowest BCUT2D eigenvalue weighted by atomic mass is 9.87. The molecule has 3 N–H and O–H groups in total. The molecule has 0 amide bonds. The lowest BCUT2D eigenvalue weighted by Crippen LogP contribution is -2.48. The lowest BCUT2D eigenvalue weighted by molar-refractivity contribution is 0.0602. The Hall–Kier alpha value is -2.66. The van der Waals surface area contributed by atoms with Crippen molar-refractivity contribution >= 4 is 28.7 Å². The molecule has 116 valence electrons.